The molecule has 3 aromatic rings. The highest BCUT2D eigenvalue weighted by molar-refractivity contribution is 7.09. The van der Waals surface area contributed by atoms with Gasteiger partial charge in [-0.1, -0.05) is 12.1 Å². The van der Waals surface area contributed by atoms with E-state index in [0.29, 0.717) is 6.04 Å². The first-order valence-electron chi connectivity index (χ1n) is 7.51. The topological polar surface area (TPSA) is 40.7 Å². The minimum absolute atomic E-state index is 0.415. The van der Waals surface area contributed by atoms with E-state index < -0.39 is 0 Å². The van der Waals surface area contributed by atoms with E-state index in [-0.39, 0.29) is 0 Å². The van der Waals surface area contributed by atoms with Crippen LogP contribution in [0.5, 0.6) is 0 Å². The van der Waals surface area contributed by atoms with E-state index in [9.17, 15) is 0 Å². The normalized spacial score (nSPS) is 16.4. The van der Waals surface area contributed by atoms with E-state index in [0.717, 1.165) is 18.2 Å². The minimum Gasteiger partial charge on any atom is -0.361 e. The molecule has 1 aromatic carbocycles. The lowest BCUT2D eigenvalue weighted by Gasteiger charge is -2.16. The zero-order chi connectivity index (χ0) is 14.2. The number of aryl methyl sites for hydroxylation is 1. The fourth-order valence-electron chi connectivity index (χ4n) is 2.92. The summed E-state index contributed by atoms with van der Waals surface area (Å²) in [6.07, 6.45) is 4.66. The largest absolute Gasteiger partial charge is 0.361 e. The van der Waals surface area contributed by atoms with Crippen LogP contribution in [0.15, 0.2) is 35.8 Å². The predicted molar refractivity (Wildman–Crippen MR) is 87.5 cm³/mol. The van der Waals surface area contributed by atoms with Gasteiger partial charge in [0.15, 0.2) is 0 Å². The number of aromatic nitrogens is 2. The Bertz CT molecular complexity index is 754. The van der Waals surface area contributed by atoms with Gasteiger partial charge in [-0.05, 0) is 43.4 Å². The monoisotopic (exact) mass is 297 g/mol. The quantitative estimate of drug-likeness (QED) is 0.742. The lowest BCUT2D eigenvalue weighted by Crippen LogP contribution is -2.22. The average Bonchev–Trinajstić information content (AvgIpc) is 3.04. The Kier molecular flexibility index (Phi) is 3.28. The van der Waals surface area contributed by atoms with Crippen LogP contribution in [0.4, 0.5) is 0 Å². The zero-order valence-corrected chi connectivity index (χ0v) is 12.9. The van der Waals surface area contributed by atoms with E-state index in [1.54, 1.807) is 11.3 Å². The second-order valence-electron chi connectivity index (χ2n) is 5.88. The molecule has 4 heteroatoms. The summed E-state index contributed by atoms with van der Waals surface area (Å²) in [4.78, 5) is 7.97. The fourth-order valence-corrected chi connectivity index (χ4v) is 3.89. The molecule has 0 aliphatic heterocycles. The number of hydrogen-bond acceptors (Lipinski definition) is 3. The van der Waals surface area contributed by atoms with Gasteiger partial charge in [-0.25, -0.2) is 4.98 Å². The smallest absolute Gasteiger partial charge is 0.110 e. The van der Waals surface area contributed by atoms with Gasteiger partial charge in [-0.3, -0.25) is 0 Å². The van der Waals surface area contributed by atoms with Crippen molar-refractivity contribution in [2.75, 3.05) is 0 Å². The number of rotatable bonds is 5. The summed E-state index contributed by atoms with van der Waals surface area (Å²) in [5, 5.41) is 8.46. The number of aromatic amines is 1. The molecule has 108 valence electrons. The van der Waals surface area contributed by atoms with Gasteiger partial charge in [0.2, 0.25) is 0 Å². The summed E-state index contributed by atoms with van der Waals surface area (Å²) >= 11 is 1.79. The molecule has 1 fully saturated rings. The summed E-state index contributed by atoms with van der Waals surface area (Å²) in [6.45, 7) is 2.97. The fraction of sp³-hybridized carbons (Fsp3) is 0.353. The van der Waals surface area contributed by atoms with Crippen LogP contribution >= 0.6 is 11.3 Å². The second kappa shape index (κ2) is 5.28. The van der Waals surface area contributed by atoms with E-state index in [1.165, 1.54) is 34.3 Å². The number of hydrogen-bond donors (Lipinski definition) is 2. The molecule has 1 aliphatic carbocycles. The number of H-pyrrole nitrogens is 1. The first kappa shape index (κ1) is 13.0. The third-order valence-electron chi connectivity index (χ3n) is 4.19. The SMILES string of the molecule is Cc1csc([C@@H](NCc2cccc3[nH]ccc23)C2CC2)n1. The highest BCUT2D eigenvalue weighted by Gasteiger charge is 2.33. The van der Waals surface area contributed by atoms with Crippen molar-refractivity contribution in [3.05, 3.63) is 52.1 Å². The Hall–Kier alpha value is -1.65. The number of benzene rings is 1. The van der Waals surface area contributed by atoms with Crippen LogP contribution in [-0.4, -0.2) is 9.97 Å². The van der Waals surface area contributed by atoms with Crippen molar-refractivity contribution in [2.24, 2.45) is 5.92 Å². The first-order valence-corrected chi connectivity index (χ1v) is 8.39. The van der Waals surface area contributed by atoms with Crippen LogP contribution in [0, 0.1) is 12.8 Å². The van der Waals surface area contributed by atoms with Gasteiger partial charge in [0.1, 0.15) is 5.01 Å². The molecule has 2 heterocycles. The molecule has 21 heavy (non-hydrogen) atoms. The van der Waals surface area contributed by atoms with Crippen molar-refractivity contribution in [1.82, 2.24) is 15.3 Å². The summed E-state index contributed by atoms with van der Waals surface area (Å²) in [7, 11) is 0. The Labute approximate surface area is 128 Å². The number of nitrogens with zero attached hydrogens (tertiary/aromatic N) is 1. The maximum absolute atomic E-state index is 4.69. The lowest BCUT2D eigenvalue weighted by atomic mass is 10.1. The standard InChI is InChI=1S/C17H19N3S/c1-11-10-21-17(20-11)16(12-5-6-12)19-9-13-3-2-4-15-14(13)7-8-18-15/h2-4,7-8,10,12,16,18-19H,5-6,9H2,1H3/t16-/m0/s1. The summed E-state index contributed by atoms with van der Waals surface area (Å²) in [6, 6.07) is 9.03. The van der Waals surface area contributed by atoms with Gasteiger partial charge >= 0.3 is 0 Å². The summed E-state index contributed by atoms with van der Waals surface area (Å²) in [5.41, 5.74) is 3.70. The Morgan fingerprint density at radius 3 is 3.05 bits per heavy atom. The van der Waals surface area contributed by atoms with Gasteiger partial charge in [-0.2, -0.15) is 0 Å². The van der Waals surface area contributed by atoms with Gasteiger partial charge in [0.05, 0.1) is 6.04 Å². The molecular formula is C17H19N3S. The molecule has 1 aliphatic rings. The molecule has 0 saturated heterocycles. The molecule has 4 rings (SSSR count). The van der Waals surface area contributed by atoms with E-state index in [2.05, 4.69) is 51.9 Å². The molecular weight excluding hydrogens is 278 g/mol. The summed E-state index contributed by atoms with van der Waals surface area (Å²) < 4.78 is 0. The van der Waals surface area contributed by atoms with Gasteiger partial charge < -0.3 is 10.3 Å². The third-order valence-corrected chi connectivity index (χ3v) is 5.24. The first-order chi connectivity index (χ1) is 10.3. The van der Waals surface area contributed by atoms with Crippen molar-refractivity contribution in [3.63, 3.8) is 0 Å². The highest BCUT2D eigenvalue weighted by Crippen LogP contribution is 2.42. The molecule has 0 spiro atoms. The maximum Gasteiger partial charge on any atom is 0.110 e. The molecule has 0 radical (unpaired) electrons. The van der Waals surface area contributed by atoms with E-state index >= 15 is 0 Å². The zero-order valence-electron chi connectivity index (χ0n) is 12.1. The third kappa shape index (κ3) is 2.61. The molecule has 0 bridgehead atoms. The van der Waals surface area contributed by atoms with Crippen molar-refractivity contribution < 1.29 is 0 Å². The van der Waals surface area contributed by atoms with Gasteiger partial charge in [0, 0.05) is 34.7 Å². The van der Waals surface area contributed by atoms with E-state index in [4.69, 9.17) is 0 Å². The van der Waals surface area contributed by atoms with Crippen molar-refractivity contribution >= 4 is 22.2 Å². The molecule has 1 atom stereocenters. The predicted octanol–water partition coefficient (Wildman–Crippen LogP) is 4.17. The number of thiazole rings is 1. The molecule has 2 aromatic heterocycles. The van der Waals surface area contributed by atoms with Crippen molar-refractivity contribution in [2.45, 2.75) is 32.4 Å². The minimum atomic E-state index is 0.415. The average molecular weight is 297 g/mol. The Morgan fingerprint density at radius 2 is 2.29 bits per heavy atom. The lowest BCUT2D eigenvalue weighted by molar-refractivity contribution is 0.479. The maximum atomic E-state index is 4.69. The van der Waals surface area contributed by atoms with Crippen LogP contribution in [0.1, 0.15) is 35.1 Å². The van der Waals surface area contributed by atoms with Crippen LogP contribution in [-0.2, 0) is 6.54 Å². The molecule has 0 unspecified atom stereocenters. The number of nitrogens with one attached hydrogen (secondary N) is 2. The molecule has 2 N–H and O–H groups in total. The van der Waals surface area contributed by atoms with Crippen molar-refractivity contribution in [3.8, 4) is 0 Å². The Morgan fingerprint density at radius 1 is 1.38 bits per heavy atom. The Balaban J connectivity index is 1.55. The van der Waals surface area contributed by atoms with Crippen LogP contribution < -0.4 is 5.32 Å². The van der Waals surface area contributed by atoms with E-state index in [1.807, 2.05) is 6.20 Å². The number of fused-ring (bicyclic) bond motifs is 1. The molecule has 1 saturated carbocycles. The second-order valence-corrected chi connectivity index (χ2v) is 6.77. The highest BCUT2D eigenvalue weighted by atomic mass is 32.1. The van der Waals surface area contributed by atoms with Crippen LogP contribution in [0.3, 0.4) is 0 Å². The summed E-state index contributed by atoms with van der Waals surface area (Å²) in [5.74, 6) is 0.765. The van der Waals surface area contributed by atoms with Gasteiger partial charge in [-0.15, -0.1) is 11.3 Å². The molecule has 3 nitrogen and oxygen atoms in total. The van der Waals surface area contributed by atoms with Crippen LogP contribution in [0.2, 0.25) is 0 Å². The van der Waals surface area contributed by atoms with Crippen LogP contribution in [0.25, 0.3) is 10.9 Å². The molecule has 0 amide bonds. The van der Waals surface area contributed by atoms with Gasteiger partial charge in [0.25, 0.3) is 0 Å². The van der Waals surface area contributed by atoms with Crippen molar-refractivity contribution in [1.29, 1.82) is 0 Å².